The highest BCUT2D eigenvalue weighted by molar-refractivity contribution is 5.65. The summed E-state index contributed by atoms with van der Waals surface area (Å²) in [5.41, 5.74) is 8.78. The van der Waals surface area contributed by atoms with Gasteiger partial charge in [0.15, 0.2) is 11.5 Å². The van der Waals surface area contributed by atoms with Crippen LogP contribution in [-0.4, -0.2) is 49.9 Å². The van der Waals surface area contributed by atoms with Gasteiger partial charge < -0.3 is 24.8 Å². The second kappa shape index (κ2) is 11.7. The first kappa shape index (κ1) is 26.4. The molecule has 1 aromatic heterocycles. The predicted molar refractivity (Wildman–Crippen MR) is 157 cm³/mol. The average molecular weight is 525 g/mol. The molecular formula is C32H36N4O3. The van der Waals surface area contributed by atoms with E-state index in [4.69, 9.17) is 14.5 Å². The topological polar surface area (TPSA) is 70.1 Å². The van der Waals surface area contributed by atoms with E-state index in [9.17, 15) is 5.11 Å². The van der Waals surface area contributed by atoms with E-state index in [1.54, 1.807) is 20.3 Å². The monoisotopic (exact) mass is 524 g/mol. The Morgan fingerprint density at radius 2 is 1.62 bits per heavy atom. The Kier molecular flexibility index (Phi) is 7.89. The van der Waals surface area contributed by atoms with Crippen molar-refractivity contribution in [3.8, 4) is 28.4 Å². The predicted octanol–water partition coefficient (Wildman–Crippen LogP) is 5.71. The molecule has 3 aromatic carbocycles. The van der Waals surface area contributed by atoms with Crippen LogP contribution in [0.5, 0.6) is 17.2 Å². The highest BCUT2D eigenvalue weighted by Crippen LogP contribution is 2.33. The van der Waals surface area contributed by atoms with Gasteiger partial charge in [-0.1, -0.05) is 18.2 Å². The number of rotatable bonds is 9. The molecule has 0 fully saturated rings. The molecule has 0 bridgehead atoms. The van der Waals surface area contributed by atoms with Crippen LogP contribution < -0.4 is 19.7 Å². The fourth-order valence-corrected chi connectivity index (χ4v) is 4.96. The maximum atomic E-state index is 10.2. The third kappa shape index (κ3) is 6.10. The highest BCUT2D eigenvalue weighted by Gasteiger charge is 2.20. The molecule has 202 valence electrons. The SMILES string of the molecule is COc1cc2c(cc1OC)CN(Cc1ccc(-c3ccc(NCc4cc(N(C)C)ccc4O)cc3)cn1)CC2. The number of anilines is 2. The van der Waals surface area contributed by atoms with Crippen LogP contribution in [0.15, 0.2) is 72.9 Å². The molecular weight excluding hydrogens is 488 g/mol. The van der Waals surface area contributed by atoms with Gasteiger partial charge in [-0.05, 0) is 71.6 Å². The van der Waals surface area contributed by atoms with E-state index in [0.717, 1.165) is 71.3 Å². The second-order valence-corrected chi connectivity index (χ2v) is 10.1. The standard InChI is InChI=1S/C32H36N4O3/c1-35(2)29-11-12-30(37)25(15-29)19-33-27-8-5-22(6-9-27)24-7-10-28(34-18-24)21-36-14-13-23-16-31(38-3)32(39-4)17-26(23)20-36/h5-12,15-18,33,37H,13-14,19-21H2,1-4H3. The normalized spacial score (nSPS) is 13.0. The first-order valence-electron chi connectivity index (χ1n) is 13.2. The Balaban J connectivity index is 1.19. The van der Waals surface area contributed by atoms with Crippen molar-refractivity contribution in [2.75, 3.05) is 45.1 Å². The third-order valence-corrected chi connectivity index (χ3v) is 7.29. The van der Waals surface area contributed by atoms with Gasteiger partial charge in [0.25, 0.3) is 0 Å². The molecule has 0 saturated carbocycles. The number of nitrogens with one attached hydrogen (secondary N) is 1. The number of nitrogens with zero attached hydrogens (tertiary/aromatic N) is 3. The van der Waals surface area contributed by atoms with E-state index in [2.05, 4.69) is 58.7 Å². The largest absolute Gasteiger partial charge is 0.508 e. The van der Waals surface area contributed by atoms with Crippen LogP contribution in [-0.2, 0) is 26.1 Å². The highest BCUT2D eigenvalue weighted by atomic mass is 16.5. The lowest BCUT2D eigenvalue weighted by molar-refractivity contribution is 0.241. The second-order valence-electron chi connectivity index (χ2n) is 10.1. The molecule has 39 heavy (non-hydrogen) atoms. The number of phenols is 1. The number of methoxy groups -OCH3 is 2. The van der Waals surface area contributed by atoms with Crippen molar-refractivity contribution in [3.05, 3.63) is 95.3 Å². The molecule has 4 aromatic rings. The van der Waals surface area contributed by atoms with Crippen molar-refractivity contribution in [2.24, 2.45) is 0 Å². The zero-order valence-corrected chi connectivity index (χ0v) is 23.1. The number of ether oxygens (including phenoxy) is 2. The van der Waals surface area contributed by atoms with Crippen molar-refractivity contribution in [3.63, 3.8) is 0 Å². The van der Waals surface area contributed by atoms with Crippen LogP contribution in [0, 0.1) is 0 Å². The van der Waals surface area contributed by atoms with Gasteiger partial charge in [0.05, 0.1) is 19.9 Å². The van der Waals surface area contributed by atoms with Gasteiger partial charge in [-0.3, -0.25) is 9.88 Å². The number of hydrogen-bond donors (Lipinski definition) is 2. The Hall–Kier alpha value is -4.23. The lowest BCUT2D eigenvalue weighted by Gasteiger charge is -2.29. The summed E-state index contributed by atoms with van der Waals surface area (Å²) in [6, 6.07) is 22.4. The summed E-state index contributed by atoms with van der Waals surface area (Å²) in [4.78, 5) is 9.21. The first-order chi connectivity index (χ1) is 18.9. The fraction of sp³-hybridized carbons (Fsp3) is 0.281. The molecule has 1 aliphatic rings. The lowest BCUT2D eigenvalue weighted by atomic mass is 9.98. The van der Waals surface area contributed by atoms with E-state index in [0.29, 0.717) is 12.3 Å². The Bertz CT molecular complexity index is 1420. The van der Waals surface area contributed by atoms with Crippen molar-refractivity contribution >= 4 is 11.4 Å². The van der Waals surface area contributed by atoms with Crippen LogP contribution >= 0.6 is 0 Å². The number of hydrogen-bond acceptors (Lipinski definition) is 7. The van der Waals surface area contributed by atoms with Gasteiger partial charge in [-0.15, -0.1) is 0 Å². The van der Waals surface area contributed by atoms with E-state index in [1.807, 2.05) is 37.3 Å². The molecule has 0 radical (unpaired) electrons. The number of aromatic nitrogens is 1. The molecule has 0 spiro atoms. The summed E-state index contributed by atoms with van der Waals surface area (Å²) in [5.74, 6) is 1.86. The number of phenolic OH excluding ortho intramolecular Hbond substituents is 1. The van der Waals surface area contributed by atoms with Crippen molar-refractivity contribution in [1.82, 2.24) is 9.88 Å². The van der Waals surface area contributed by atoms with Crippen LogP contribution in [0.2, 0.25) is 0 Å². The van der Waals surface area contributed by atoms with Gasteiger partial charge >= 0.3 is 0 Å². The molecule has 2 heterocycles. The summed E-state index contributed by atoms with van der Waals surface area (Å²) in [6.07, 6.45) is 2.93. The summed E-state index contributed by atoms with van der Waals surface area (Å²) in [5, 5.41) is 13.6. The first-order valence-corrected chi connectivity index (χ1v) is 13.2. The minimum absolute atomic E-state index is 0.296. The molecule has 0 saturated heterocycles. The smallest absolute Gasteiger partial charge is 0.161 e. The minimum Gasteiger partial charge on any atom is -0.508 e. The molecule has 0 aliphatic carbocycles. The molecule has 1 aliphatic heterocycles. The van der Waals surface area contributed by atoms with E-state index in [-0.39, 0.29) is 0 Å². The van der Waals surface area contributed by atoms with Gasteiger partial charge in [-0.2, -0.15) is 0 Å². The van der Waals surface area contributed by atoms with Crippen molar-refractivity contribution < 1.29 is 14.6 Å². The van der Waals surface area contributed by atoms with Gasteiger partial charge in [0, 0.05) is 69.0 Å². The molecule has 7 nitrogen and oxygen atoms in total. The van der Waals surface area contributed by atoms with E-state index >= 15 is 0 Å². The molecule has 0 unspecified atom stereocenters. The Morgan fingerprint density at radius 1 is 0.897 bits per heavy atom. The number of fused-ring (bicyclic) bond motifs is 1. The molecule has 0 atom stereocenters. The van der Waals surface area contributed by atoms with Crippen LogP contribution in [0.1, 0.15) is 22.4 Å². The molecule has 7 heteroatoms. The van der Waals surface area contributed by atoms with Crippen molar-refractivity contribution in [1.29, 1.82) is 0 Å². The van der Waals surface area contributed by atoms with Gasteiger partial charge in [0.1, 0.15) is 5.75 Å². The summed E-state index contributed by atoms with van der Waals surface area (Å²) in [7, 11) is 7.34. The summed E-state index contributed by atoms with van der Waals surface area (Å²) < 4.78 is 11.0. The van der Waals surface area contributed by atoms with Crippen molar-refractivity contribution in [2.45, 2.75) is 26.1 Å². The molecule has 5 rings (SSSR count). The zero-order valence-electron chi connectivity index (χ0n) is 23.1. The molecule has 2 N–H and O–H groups in total. The maximum Gasteiger partial charge on any atom is 0.161 e. The van der Waals surface area contributed by atoms with Crippen LogP contribution in [0.25, 0.3) is 11.1 Å². The minimum atomic E-state index is 0.296. The number of aromatic hydroxyl groups is 1. The van der Waals surface area contributed by atoms with E-state index < -0.39 is 0 Å². The quantitative estimate of drug-likeness (QED) is 0.291. The van der Waals surface area contributed by atoms with Crippen LogP contribution in [0.4, 0.5) is 11.4 Å². The molecule has 0 amide bonds. The van der Waals surface area contributed by atoms with Gasteiger partial charge in [-0.25, -0.2) is 0 Å². The fourth-order valence-electron chi connectivity index (χ4n) is 4.96. The number of pyridine rings is 1. The Labute approximate surface area is 230 Å². The number of benzene rings is 3. The third-order valence-electron chi connectivity index (χ3n) is 7.29. The summed E-state index contributed by atoms with van der Waals surface area (Å²) in [6.45, 7) is 3.20. The Morgan fingerprint density at radius 3 is 2.28 bits per heavy atom. The maximum absolute atomic E-state index is 10.2. The van der Waals surface area contributed by atoms with Crippen LogP contribution in [0.3, 0.4) is 0 Å². The average Bonchev–Trinajstić information content (AvgIpc) is 2.96. The lowest BCUT2D eigenvalue weighted by Crippen LogP contribution is -2.30. The van der Waals surface area contributed by atoms with E-state index in [1.165, 1.54) is 11.1 Å². The zero-order chi connectivity index (χ0) is 27.4. The van der Waals surface area contributed by atoms with Gasteiger partial charge in [0.2, 0.25) is 0 Å². The summed E-state index contributed by atoms with van der Waals surface area (Å²) >= 11 is 0.